The maximum atomic E-state index is 13.4. The van der Waals surface area contributed by atoms with Crippen molar-refractivity contribution < 1.29 is 14.3 Å². The fourth-order valence-electron chi connectivity index (χ4n) is 5.41. The number of aryl methyl sites for hydroxylation is 1. The zero-order chi connectivity index (χ0) is 22.1. The lowest BCUT2D eigenvalue weighted by Gasteiger charge is -2.40. The van der Waals surface area contributed by atoms with Crippen LogP contribution in [0.15, 0.2) is 18.2 Å². The van der Waals surface area contributed by atoms with Crippen molar-refractivity contribution in [2.45, 2.75) is 72.8 Å². The van der Waals surface area contributed by atoms with Gasteiger partial charge < -0.3 is 15.0 Å². The van der Waals surface area contributed by atoms with Gasteiger partial charge in [0.2, 0.25) is 5.91 Å². The highest BCUT2D eigenvalue weighted by Crippen LogP contribution is 2.49. The van der Waals surface area contributed by atoms with E-state index in [1.54, 1.807) is 0 Å². The third-order valence-corrected chi connectivity index (χ3v) is 7.44. The van der Waals surface area contributed by atoms with Gasteiger partial charge in [0.25, 0.3) is 0 Å². The summed E-state index contributed by atoms with van der Waals surface area (Å²) in [6.45, 7) is 14.5. The van der Waals surface area contributed by atoms with Crippen LogP contribution in [0.5, 0.6) is 0 Å². The van der Waals surface area contributed by atoms with E-state index in [4.69, 9.17) is 4.74 Å². The van der Waals surface area contributed by atoms with E-state index in [1.165, 1.54) is 0 Å². The van der Waals surface area contributed by atoms with Crippen molar-refractivity contribution in [3.8, 4) is 0 Å². The van der Waals surface area contributed by atoms with Gasteiger partial charge in [-0.2, -0.15) is 0 Å². The van der Waals surface area contributed by atoms with Crippen LogP contribution in [-0.4, -0.2) is 30.6 Å². The highest BCUT2D eigenvalue weighted by molar-refractivity contribution is 5.98. The molecule has 1 heterocycles. The van der Waals surface area contributed by atoms with Crippen LogP contribution in [0.25, 0.3) is 0 Å². The molecule has 1 aromatic rings. The summed E-state index contributed by atoms with van der Waals surface area (Å²) >= 11 is 0. The Morgan fingerprint density at radius 3 is 2.40 bits per heavy atom. The lowest BCUT2D eigenvalue weighted by molar-refractivity contribution is -0.155. The first-order valence-corrected chi connectivity index (χ1v) is 11.6. The van der Waals surface area contributed by atoms with Crippen LogP contribution in [0.4, 0.5) is 11.4 Å². The molecular weight excluding hydrogens is 376 g/mol. The molecule has 0 radical (unpaired) electrons. The quantitative estimate of drug-likeness (QED) is 0.652. The van der Waals surface area contributed by atoms with Crippen molar-refractivity contribution in [3.63, 3.8) is 0 Å². The van der Waals surface area contributed by atoms with Gasteiger partial charge in [-0.1, -0.05) is 20.8 Å². The molecular formula is C25H38N2O3. The van der Waals surface area contributed by atoms with Crippen LogP contribution in [0, 0.1) is 30.6 Å². The SMILES string of the molecule is CCN(CC)c1ccc(NC(=O)[C@H]2[C@H](C)C(=O)OC23CCC(C(C)C)CC3)c(C)c1. The molecule has 0 unspecified atom stereocenters. The fourth-order valence-corrected chi connectivity index (χ4v) is 5.41. The van der Waals surface area contributed by atoms with Gasteiger partial charge in [0.05, 0.1) is 11.8 Å². The standard InChI is InChI=1S/C25H38N2O3/c1-7-27(8-2)20-9-10-21(17(5)15-20)26-23(28)22-18(6)24(29)30-25(22)13-11-19(12-14-25)16(3)4/h9-10,15-16,18-19,22H,7-8,11-14H2,1-6H3,(H,26,28)/t18-,19?,22+,25?/m0/s1. The van der Waals surface area contributed by atoms with E-state index in [0.717, 1.165) is 55.7 Å². The van der Waals surface area contributed by atoms with Crippen LogP contribution < -0.4 is 10.2 Å². The minimum absolute atomic E-state index is 0.0879. The summed E-state index contributed by atoms with van der Waals surface area (Å²) in [7, 11) is 0. The van der Waals surface area contributed by atoms with Gasteiger partial charge >= 0.3 is 5.97 Å². The topological polar surface area (TPSA) is 58.6 Å². The van der Waals surface area contributed by atoms with E-state index >= 15 is 0 Å². The molecule has 1 saturated carbocycles. The van der Waals surface area contributed by atoms with Gasteiger partial charge in [-0.15, -0.1) is 0 Å². The Kier molecular flexibility index (Phi) is 6.78. The van der Waals surface area contributed by atoms with Crippen LogP contribution in [0.3, 0.4) is 0 Å². The van der Waals surface area contributed by atoms with Crippen molar-refractivity contribution in [2.24, 2.45) is 23.7 Å². The average Bonchev–Trinajstić information content (AvgIpc) is 2.94. The van der Waals surface area contributed by atoms with Gasteiger partial charge in [-0.25, -0.2) is 0 Å². The minimum atomic E-state index is -0.638. The number of esters is 1. The Morgan fingerprint density at radius 2 is 1.87 bits per heavy atom. The highest BCUT2D eigenvalue weighted by atomic mass is 16.6. The number of benzene rings is 1. The molecule has 1 amide bonds. The molecule has 2 fully saturated rings. The third-order valence-electron chi connectivity index (χ3n) is 7.44. The zero-order valence-corrected chi connectivity index (χ0v) is 19.5. The predicted molar refractivity (Wildman–Crippen MR) is 122 cm³/mol. The van der Waals surface area contributed by atoms with Crippen LogP contribution in [0.1, 0.15) is 65.9 Å². The molecule has 1 aliphatic heterocycles. The van der Waals surface area contributed by atoms with E-state index < -0.39 is 17.4 Å². The summed E-state index contributed by atoms with van der Waals surface area (Å²) in [5.74, 6) is 0.109. The predicted octanol–water partition coefficient (Wildman–Crippen LogP) is 5.17. The van der Waals surface area contributed by atoms with Gasteiger partial charge in [0.1, 0.15) is 5.60 Å². The number of amides is 1. The van der Waals surface area contributed by atoms with Crippen molar-refractivity contribution in [3.05, 3.63) is 23.8 Å². The molecule has 1 spiro atoms. The molecule has 1 saturated heterocycles. The maximum Gasteiger partial charge on any atom is 0.310 e. The number of carbonyl (C=O) groups excluding carboxylic acids is 2. The van der Waals surface area contributed by atoms with Crippen molar-refractivity contribution >= 4 is 23.3 Å². The molecule has 0 bridgehead atoms. The number of rotatable bonds is 6. The number of anilines is 2. The van der Waals surface area contributed by atoms with Crippen LogP contribution >= 0.6 is 0 Å². The van der Waals surface area contributed by atoms with Crippen molar-refractivity contribution in [2.75, 3.05) is 23.3 Å². The number of nitrogens with one attached hydrogen (secondary N) is 1. The second-order valence-corrected chi connectivity index (χ2v) is 9.49. The summed E-state index contributed by atoms with van der Waals surface area (Å²) in [4.78, 5) is 28.1. The summed E-state index contributed by atoms with van der Waals surface area (Å²) in [6, 6.07) is 6.15. The number of nitrogens with zero attached hydrogens (tertiary/aromatic N) is 1. The molecule has 1 aliphatic carbocycles. The normalized spacial score (nSPS) is 28.6. The van der Waals surface area contributed by atoms with E-state index in [2.05, 4.69) is 50.0 Å². The number of ether oxygens (including phenoxy) is 1. The molecule has 0 aromatic heterocycles. The Labute approximate surface area is 181 Å². The summed E-state index contributed by atoms with van der Waals surface area (Å²) < 4.78 is 5.91. The fraction of sp³-hybridized carbons (Fsp3) is 0.680. The van der Waals surface area contributed by atoms with Gasteiger partial charge in [-0.05, 0) is 82.1 Å². The smallest absolute Gasteiger partial charge is 0.310 e. The number of carbonyl (C=O) groups is 2. The maximum absolute atomic E-state index is 13.4. The molecule has 5 nitrogen and oxygen atoms in total. The Hall–Kier alpha value is -2.04. The van der Waals surface area contributed by atoms with Gasteiger partial charge in [-0.3, -0.25) is 9.59 Å². The molecule has 5 heteroatoms. The molecule has 1 aromatic carbocycles. The third kappa shape index (κ3) is 4.21. The molecule has 1 N–H and O–H groups in total. The van der Waals surface area contributed by atoms with Crippen LogP contribution in [0.2, 0.25) is 0 Å². The molecule has 2 aliphatic rings. The Balaban J connectivity index is 1.78. The minimum Gasteiger partial charge on any atom is -0.458 e. The van der Waals surface area contributed by atoms with E-state index in [9.17, 15) is 9.59 Å². The van der Waals surface area contributed by atoms with Crippen LogP contribution in [-0.2, 0) is 14.3 Å². The zero-order valence-electron chi connectivity index (χ0n) is 19.5. The molecule has 2 atom stereocenters. The van der Waals surface area contributed by atoms with E-state index in [0.29, 0.717) is 11.8 Å². The van der Waals surface area contributed by atoms with Gasteiger partial charge in [0, 0.05) is 24.5 Å². The van der Waals surface area contributed by atoms with Crippen molar-refractivity contribution in [1.82, 2.24) is 0 Å². The Morgan fingerprint density at radius 1 is 1.23 bits per heavy atom. The molecule has 30 heavy (non-hydrogen) atoms. The lowest BCUT2D eigenvalue weighted by atomic mass is 9.67. The first-order chi connectivity index (χ1) is 14.2. The second-order valence-electron chi connectivity index (χ2n) is 9.49. The second kappa shape index (κ2) is 8.99. The lowest BCUT2D eigenvalue weighted by Crippen LogP contribution is -2.46. The monoisotopic (exact) mass is 414 g/mol. The van der Waals surface area contributed by atoms with Gasteiger partial charge in [0.15, 0.2) is 0 Å². The molecule has 166 valence electrons. The van der Waals surface area contributed by atoms with E-state index in [1.807, 2.05) is 19.9 Å². The van der Waals surface area contributed by atoms with Crippen molar-refractivity contribution in [1.29, 1.82) is 0 Å². The molecule has 3 rings (SSSR count). The highest BCUT2D eigenvalue weighted by Gasteiger charge is 2.58. The summed E-state index contributed by atoms with van der Waals surface area (Å²) in [5, 5.41) is 3.12. The number of hydrogen-bond donors (Lipinski definition) is 1. The van der Waals surface area contributed by atoms with E-state index in [-0.39, 0.29) is 11.9 Å². The largest absolute Gasteiger partial charge is 0.458 e. The summed E-state index contributed by atoms with van der Waals surface area (Å²) in [6.07, 6.45) is 3.59. The average molecular weight is 415 g/mol. The number of hydrogen-bond acceptors (Lipinski definition) is 4. The first kappa shape index (κ1) is 22.6. The Bertz CT molecular complexity index is 777. The summed E-state index contributed by atoms with van der Waals surface area (Å²) in [5.41, 5.74) is 2.37. The first-order valence-electron chi connectivity index (χ1n) is 11.6.